The number of fused-ring (bicyclic) bond motifs is 1. The molecule has 100 valence electrons. The van der Waals surface area contributed by atoms with E-state index in [2.05, 4.69) is 5.32 Å². The van der Waals surface area contributed by atoms with Crippen LogP contribution in [-0.2, 0) is 16.0 Å². The molecule has 0 radical (unpaired) electrons. The molecule has 4 nitrogen and oxygen atoms in total. The van der Waals surface area contributed by atoms with E-state index in [1.165, 1.54) is 0 Å². The fourth-order valence-corrected chi connectivity index (χ4v) is 3.07. The molecule has 0 aromatic heterocycles. The van der Waals surface area contributed by atoms with E-state index in [4.69, 9.17) is 16.7 Å². The second-order valence-electron chi connectivity index (χ2n) is 5.19. The van der Waals surface area contributed by atoms with E-state index in [9.17, 15) is 9.59 Å². The van der Waals surface area contributed by atoms with Crippen LogP contribution in [0.3, 0.4) is 0 Å². The standard InChI is InChI=1S/C14H14ClNO3/c15-11-3-1-2-8-7(11)4-5-12(8)16-13(17)9-6-10(9)14(18)19/h1-3,9-10,12H,4-6H2,(H,16,17)(H,18,19)/t9-,10+,12-/m0/s1. The lowest BCUT2D eigenvalue weighted by Crippen LogP contribution is -2.29. The highest BCUT2D eigenvalue weighted by Crippen LogP contribution is 2.41. The van der Waals surface area contributed by atoms with Gasteiger partial charge in [0, 0.05) is 5.02 Å². The molecule has 0 saturated heterocycles. The Balaban J connectivity index is 1.69. The number of nitrogens with one attached hydrogen (secondary N) is 1. The highest BCUT2D eigenvalue weighted by molar-refractivity contribution is 6.31. The Kier molecular flexibility index (Phi) is 2.97. The Morgan fingerprint density at radius 1 is 1.32 bits per heavy atom. The van der Waals surface area contributed by atoms with E-state index in [1.54, 1.807) is 0 Å². The van der Waals surface area contributed by atoms with E-state index in [0.717, 1.165) is 29.0 Å². The van der Waals surface area contributed by atoms with Crippen LogP contribution in [0.5, 0.6) is 0 Å². The first kappa shape index (κ1) is 12.5. The summed E-state index contributed by atoms with van der Waals surface area (Å²) in [7, 11) is 0. The maximum absolute atomic E-state index is 12.0. The number of halogens is 1. The highest BCUT2D eigenvalue weighted by Gasteiger charge is 2.48. The van der Waals surface area contributed by atoms with Gasteiger partial charge in [-0.15, -0.1) is 0 Å². The molecule has 1 fully saturated rings. The van der Waals surface area contributed by atoms with Gasteiger partial charge < -0.3 is 10.4 Å². The van der Waals surface area contributed by atoms with Gasteiger partial charge in [0.25, 0.3) is 0 Å². The first-order valence-corrected chi connectivity index (χ1v) is 6.76. The van der Waals surface area contributed by atoms with Crippen LogP contribution >= 0.6 is 11.6 Å². The molecule has 3 atom stereocenters. The molecule has 5 heteroatoms. The van der Waals surface area contributed by atoms with Crippen molar-refractivity contribution in [3.05, 3.63) is 34.3 Å². The zero-order valence-electron chi connectivity index (χ0n) is 10.2. The predicted molar refractivity (Wildman–Crippen MR) is 69.9 cm³/mol. The Morgan fingerprint density at radius 3 is 2.79 bits per heavy atom. The summed E-state index contributed by atoms with van der Waals surface area (Å²) in [6, 6.07) is 5.67. The first-order chi connectivity index (χ1) is 9.08. The van der Waals surface area contributed by atoms with Crippen LogP contribution in [0.2, 0.25) is 5.02 Å². The SMILES string of the molecule is O=C(N[C@H]1CCc2c(Cl)cccc21)[C@H]1C[C@H]1C(=O)O. The van der Waals surface area contributed by atoms with Crippen molar-refractivity contribution in [3.8, 4) is 0 Å². The lowest BCUT2D eigenvalue weighted by atomic mass is 10.1. The molecule has 3 rings (SSSR count). The van der Waals surface area contributed by atoms with Gasteiger partial charge in [-0.1, -0.05) is 23.7 Å². The van der Waals surface area contributed by atoms with Crippen molar-refractivity contribution in [2.75, 3.05) is 0 Å². The number of carbonyl (C=O) groups excluding carboxylic acids is 1. The van der Waals surface area contributed by atoms with Crippen LogP contribution in [0, 0.1) is 11.8 Å². The molecule has 0 bridgehead atoms. The Hall–Kier alpha value is -1.55. The molecule has 0 unspecified atom stereocenters. The number of benzene rings is 1. The van der Waals surface area contributed by atoms with Crippen LogP contribution in [0.25, 0.3) is 0 Å². The Labute approximate surface area is 115 Å². The average Bonchev–Trinajstić information content (AvgIpc) is 3.08. The number of hydrogen-bond acceptors (Lipinski definition) is 2. The number of carboxylic acids is 1. The van der Waals surface area contributed by atoms with Gasteiger partial charge in [0.1, 0.15) is 0 Å². The summed E-state index contributed by atoms with van der Waals surface area (Å²) in [5.41, 5.74) is 2.16. The van der Waals surface area contributed by atoms with E-state index in [1.807, 2.05) is 18.2 Å². The minimum absolute atomic E-state index is 0.0313. The van der Waals surface area contributed by atoms with Crippen LogP contribution in [-0.4, -0.2) is 17.0 Å². The average molecular weight is 280 g/mol. The number of rotatable bonds is 3. The Morgan fingerprint density at radius 2 is 2.11 bits per heavy atom. The molecule has 2 aliphatic rings. The fourth-order valence-electron chi connectivity index (χ4n) is 2.80. The molecule has 2 N–H and O–H groups in total. The summed E-state index contributed by atoms with van der Waals surface area (Å²) in [6.45, 7) is 0. The zero-order chi connectivity index (χ0) is 13.6. The summed E-state index contributed by atoms with van der Waals surface area (Å²) < 4.78 is 0. The summed E-state index contributed by atoms with van der Waals surface area (Å²) in [5.74, 6) is -1.89. The highest BCUT2D eigenvalue weighted by atomic mass is 35.5. The Bertz CT molecular complexity index is 558. The van der Waals surface area contributed by atoms with Gasteiger partial charge in [0.15, 0.2) is 0 Å². The third-order valence-electron chi connectivity index (χ3n) is 3.97. The maximum Gasteiger partial charge on any atom is 0.307 e. The van der Waals surface area contributed by atoms with Gasteiger partial charge in [0.2, 0.25) is 5.91 Å². The van der Waals surface area contributed by atoms with Crippen LogP contribution in [0.1, 0.15) is 30.0 Å². The molecule has 0 heterocycles. The van der Waals surface area contributed by atoms with E-state index >= 15 is 0 Å². The van der Waals surface area contributed by atoms with Crippen molar-refractivity contribution in [1.82, 2.24) is 5.32 Å². The van der Waals surface area contributed by atoms with E-state index < -0.39 is 11.9 Å². The smallest absolute Gasteiger partial charge is 0.307 e. The van der Waals surface area contributed by atoms with Gasteiger partial charge >= 0.3 is 5.97 Å². The third-order valence-corrected chi connectivity index (χ3v) is 4.33. The largest absolute Gasteiger partial charge is 0.481 e. The summed E-state index contributed by atoms with van der Waals surface area (Å²) in [6.07, 6.45) is 2.14. The van der Waals surface area contributed by atoms with Crippen molar-refractivity contribution in [2.24, 2.45) is 11.8 Å². The maximum atomic E-state index is 12.0. The number of aliphatic carboxylic acids is 1. The van der Waals surface area contributed by atoms with Gasteiger partial charge in [-0.2, -0.15) is 0 Å². The van der Waals surface area contributed by atoms with Crippen molar-refractivity contribution < 1.29 is 14.7 Å². The number of carboxylic acid groups (broad SMARTS) is 1. The lowest BCUT2D eigenvalue weighted by molar-refractivity contribution is -0.140. The molecule has 1 amide bonds. The molecule has 0 spiro atoms. The summed E-state index contributed by atoms with van der Waals surface area (Å²) >= 11 is 6.12. The molecular formula is C14H14ClNO3. The van der Waals surface area contributed by atoms with Crippen LogP contribution < -0.4 is 5.32 Å². The summed E-state index contributed by atoms with van der Waals surface area (Å²) in [5, 5.41) is 12.5. The van der Waals surface area contributed by atoms with Gasteiger partial charge in [-0.3, -0.25) is 9.59 Å². The van der Waals surface area contributed by atoms with Gasteiger partial charge in [-0.25, -0.2) is 0 Å². The second kappa shape index (κ2) is 4.53. The minimum atomic E-state index is -0.880. The quantitative estimate of drug-likeness (QED) is 0.891. The second-order valence-corrected chi connectivity index (χ2v) is 5.60. The van der Waals surface area contributed by atoms with Crippen molar-refractivity contribution in [1.29, 1.82) is 0 Å². The predicted octanol–water partition coefficient (Wildman–Crippen LogP) is 2.16. The molecule has 1 aromatic rings. The van der Waals surface area contributed by atoms with Gasteiger partial charge in [-0.05, 0) is 36.5 Å². The zero-order valence-corrected chi connectivity index (χ0v) is 11.0. The molecule has 1 saturated carbocycles. The normalized spacial score (nSPS) is 27.7. The van der Waals surface area contributed by atoms with Crippen LogP contribution in [0.4, 0.5) is 0 Å². The topological polar surface area (TPSA) is 66.4 Å². The molecule has 2 aliphatic carbocycles. The van der Waals surface area contributed by atoms with Crippen LogP contribution in [0.15, 0.2) is 18.2 Å². The van der Waals surface area contributed by atoms with E-state index in [0.29, 0.717) is 6.42 Å². The lowest BCUT2D eigenvalue weighted by Gasteiger charge is -2.14. The third kappa shape index (κ3) is 2.21. The fraction of sp³-hybridized carbons (Fsp3) is 0.429. The molecule has 19 heavy (non-hydrogen) atoms. The number of hydrogen-bond donors (Lipinski definition) is 2. The number of carbonyl (C=O) groups is 2. The van der Waals surface area contributed by atoms with Gasteiger partial charge in [0.05, 0.1) is 17.9 Å². The summed E-state index contributed by atoms with van der Waals surface area (Å²) in [4.78, 5) is 22.7. The number of amides is 1. The van der Waals surface area contributed by atoms with Crippen molar-refractivity contribution in [3.63, 3.8) is 0 Å². The monoisotopic (exact) mass is 279 g/mol. The van der Waals surface area contributed by atoms with Crippen molar-refractivity contribution in [2.45, 2.75) is 25.3 Å². The van der Waals surface area contributed by atoms with E-state index in [-0.39, 0.29) is 17.9 Å². The molecule has 0 aliphatic heterocycles. The minimum Gasteiger partial charge on any atom is -0.481 e. The first-order valence-electron chi connectivity index (χ1n) is 6.38. The molecule has 1 aromatic carbocycles. The van der Waals surface area contributed by atoms with Crippen molar-refractivity contribution >= 4 is 23.5 Å². The molecular weight excluding hydrogens is 266 g/mol.